The average Bonchev–Trinajstić information content (AvgIpc) is 2.75. The van der Waals surface area contributed by atoms with Crippen LogP contribution in [-0.4, -0.2) is 23.6 Å². The highest BCUT2D eigenvalue weighted by molar-refractivity contribution is 7.92. The fourth-order valence-corrected chi connectivity index (χ4v) is 3.07. The Hall–Kier alpha value is -1.31. The normalized spacial score (nSPS) is 11.5. The molecule has 6 nitrogen and oxygen atoms in total. The van der Waals surface area contributed by atoms with Gasteiger partial charge in [0.1, 0.15) is 11.2 Å². The highest BCUT2D eigenvalue weighted by atomic mass is 35.5. The second-order valence-corrected chi connectivity index (χ2v) is 5.94. The zero-order chi connectivity index (χ0) is 13.3. The number of aromatic amines is 1. The Bertz CT molecular complexity index is 670. The number of hydrogen-bond acceptors (Lipinski definition) is 4. The third-order valence-corrected chi connectivity index (χ3v) is 4.36. The van der Waals surface area contributed by atoms with Gasteiger partial charge in [0.05, 0.1) is 5.02 Å². The van der Waals surface area contributed by atoms with Crippen LogP contribution in [0.2, 0.25) is 10.0 Å². The van der Waals surface area contributed by atoms with Gasteiger partial charge in [0, 0.05) is 5.02 Å². The van der Waals surface area contributed by atoms with Gasteiger partial charge in [-0.25, -0.2) is 18.2 Å². The van der Waals surface area contributed by atoms with E-state index in [2.05, 4.69) is 19.9 Å². The summed E-state index contributed by atoms with van der Waals surface area (Å²) >= 11 is 11.7. The number of anilines is 1. The van der Waals surface area contributed by atoms with Crippen LogP contribution in [-0.2, 0) is 10.0 Å². The summed E-state index contributed by atoms with van der Waals surface area (Å²) in [6.45, 7) is 1.69. The number of H-pyrrole nitrogens is 1. The number of sulfonamides is 1. The van der Waals surface area contributed by atoms with Gasteiger partial charge >= 0.3 is 0 Å². The Balaban J connectivity index is 2.44. The van der Waals surface area contributed by atoms with Crippen molar-refractivity contribution in [3.8, 4) is 0 Å². The number of rotatable bonds is 3. The number of nitrogens with one attached hydrogen (secondary N) is 2. The van der Waals surface area contributed by atoms with E-state index in [-0.39, 0.29) is 15.9 Å². The van der Waals surface area contributed by atoms with Crippen molar-refractivity contribution in [1.29, 1.82) is 0 Å². The smallest absolute Gasteiger partial charge is 0.248 e. The molecule has 1 aromatic heterocycles. The molecule has 9 heteroatoms. The lowest BCUT2D eigenvalue weighted by atomic mass is 10.2. The van der Waals surface area contributed by atoms with Gasteiger partial charge in [-0.2, -0.15) is 10.1 Å². The summed E-state index contributed by atoms with van der Waals surface area (Å²) in [6.07, 6.45) is 1.19. The third kappa shape index (κ3) is 2.58. The van der Waals surface area contributed by atoms with Crippen LogP contribution in [0.25, 0.3) is 0 Å². The van der Waals surface area contributed by atoms with Crippen LogP contribution in [0, 0.1) is 6.92 Å². The summed E-state index contributed by atoms with van der Waals surface area (Å²) < 4.78 is 26.3. The fraction of sp³-hybridized carbons (Fsp3) is 0.111. The molecule has 0 atom stereocenters. The number of halogens is 2. The fourth-order valence-electron chi connectivity index (χ4n) is 1.27. The first-order chi connectivity index (χ1) is 8.40. The van der Waals surface area contributed by atoms with E-state index >= 15 is 0 Å². The van der Waals surface area contributed by atoms with Gasteiger partial charge in [0.25, 0.3) is 10.0 Å². The molecule has 0 saturated heterocycles. The molecular formula is C9H8Cl2N4O2S. The molecule has 18 heavy (non-hydrogen) atoms. The summed E-state index contributed by atoms with van der Waals surface area (Å²) in [7, 11) is -3.83. The highest BCUT2D eigenvalue weighted by Crippen LogP contribution is 2.28. The first kappa shape index (κ1) is 13.1. The van der Waals surface area contributed by atoms with Crippen molar-refractivity contribution < 1.29 is 8.42 Å². The van der Waals surface area contributed by atoms with Crippen molar-refractivity contribution in [3.63, 3.8) is 0 Å². The third-order valence-electron chi connectivity index (χ3n) is 2.15. The second-order valence-electron chi connectivity index (χ2n) is 3.47. The zero-order valence-electron chi connectivity index (χ0n) is 9.11. The average molecular weight is 307 g/mol. The maximum absolute atomic E-state index is 12.1. The van der Waals surface area contributed by atoms with Crippen molar-refractivity contribution in [1.82, 2.24) is 15.2 Å². The Labute approximate surface area is 113 Å². The minimum absolute atomic E-state index is 0.0127. The summed E-state index contributed by atoms with van der Waals surface area (Å²) in [5, 5.41) is 6.37. The summed E-state index contributed by atoms with van der Waals surface area (Å²) in [5.74, 6) is 0.0127. The number of benzene rings is 1. The molecule has 0 aliphatic carbocycles. The van der Waals surface area contributed by atoms with Crippen molar-refractivity contribution in [2.24, 2.45) is 0 Å². The van der Waals surface area contributed by atoms with Gasteiger partial charge < -0.3 is 0 Å². The molecule has 1 aromatic carbocycles. The van der Waals surface area contributed by atoms with Crippen LogP contribution in [0.3, 0.4) is 0 Å². The zero-order valence-corrected chi connectivity index (χ0v) is 11.4. The first-order valence-corrected chi connectivity index (χ1v) is 6.98. The van der Waals surface area contributed by atoms with Crippen molar-refractivity contribution in [3.05, 3.63) is 34.1 Å². The molecule has 0 spiro atoms. The molecule has 0 bridgehead atoms. The van der Waals surface area contributed by atoms with E-state index in [0.29, 0.717) is 10.6 Å². The lowest BCUT2D eigenvalue weighted by Gasteiger charge is -2.08. The molecule has 0 unspecified atom stereocenters. The molecular weight excluding hydrogens is 299 g/mol. The van der Waals surface area contributed by atoms with E-state index in [0.717, 1.165) is 0 Å². The first-order valence-electron chi connectivity index (χ1n) is 4.74. The Morgan fingerprint density at radius 1 is 1.28 bits per heavy atom. The lowest BCUT2D eigenvalue weighted by molar-refractivity contribution is 0.601. The molecule has 96 valence electrons. The van der Waals surface area contributed by atoms with Gasteiger partial charge in [0.2, 0.25) is 5.95 Å². The van der Waals surface area contributed by atoms with E-state index in [1.165, 1.54) is 18.5 Å². The van der Waals surface area contributed by atoms with E-state index in [4.69, 9.17) is 23.2 Å². The SMILES string of the molecule is Cc1cc(S(=O)(=O)Nc2ncn[nH]2)c(Cl)cc1Cl. The van der Waals surface area contributed by atoms with Crippen LogP contribution in [0.5, 0.6) is 0 Å². The molecule has 0 amide bonds. The van der Waals surface area contributed by atoms with Crippen LogP contribution >= 0.6 is 23.2 Å². The number of aromatic nitrogens is 3. The molecule has 0 aliphatic rings. The maximum atomic E-state index is 12.1. The van der Waals surface area contributed by atoms with E-state index < -0.39 is 10.0 Å². The largest absolute Gasteiger partial charge is 0.265 e. The second kappa shape index (κ2) is 4.75. The lowest BCUT2D eigenvalue weighted by Crippen LogP contribution is -2.14. The number of hydrogen-bond donors (Lipinski definition) is 2. The van der Waals surface area contributed by atoms with E-state index in [9.17, 15) is 8.42 Å². The standard InChI is InChI=1S/C9H8Cl2N4O2S/c1-5-2-8(7(11)3-6(5)10)18(16,17)15-9-12-4-13-14-9/h2-4H,1H3,(H2,12,13,14,15). The summed E-state index contributed by atoms with van der Waals surface area (Å²) in [4.78, 5) is 3.60. The van der Waals surface area contributed by atoms with Crippen LogP contribution in [0.4, 0.5) is 5.95 Å². The van der Waals surface area contributed by atoms with Gasteiger partial charge in [-0.15, -0.1) is 0 Å². The molecule has 0 aliphatic heterocycles. The van der Waals surface area contributed by atoms with Crippen molar-refractivity contribution >= 4 is 39.2 Å². The monoisotopic (exact) mass is 306 g/mol. The van der Waals surface area contributed by atoms with E-state index in [1.54, 1.807) is 6.92 Å². The topological polar surface area (TPSA) is 87.7 Å². The van der Waals surface area contributed by atoms with Gasteiger partial charge in [-0.1, -0.05) is 23.2 Å². The molecule has 0 saturated carbocycles. The molecule has 2 aromatic rings. The minimum atomic E-state index is -3.83. The number of aryl methyl sites for hydroxylation is 1. The van der Waals surface area contributed by atoms with E-state index in [1.807, 2.05) is 0 Å². The molecule has 0 fully saturated rings. The van der Waals surface area contributed by atoms with Gasteiger partial charge in [-0.3, -0.25) is 0 Å². The maximum Gasteiger partial charge on any atom is 0.265 e. The summed E-state index contributed by atoms with van der Waals surface area (Å²) in [5.41, 5.74) is 0.610. The van der Waals surface area contributed by atoms with Crippen LogP contribution < -0.4 is 4.72 Å². The predicted molar refractivity (Wildman–Crippen MR) is 68.4 cm³/mol. The van der Waals surface area contributed by atoms with Crippen molar-refractivity contribution in [2.45, 2.75) is 11.8 Å². The van der Waals surface area contributed by atoms with Crippen LogP contribution in [0.1, 0.15) is 5.56 Å². The van der Waals surface area contributed by atoms with Crippen molar-refractivity contribution in [2.75, 3.05) is 4.72 Å². The molecule has 0 radical (unpaired) electrons. The Morgan fingerprint density at radius 3 is 2.61 bits per heavy atom. The minimum Gasteiger partial charge on any atom is -0.248 e. The molecule has 2 rings (SSSR count). The van der Waals surface area contributed by atoms with Gasteiger partial charge in [-0.05, 0) is 24.6 Å². The Morgan fingerprint density at radius 2 is 2.00 bits per heavy atom. The number of nitrogens with zero attached hydrogens (tertiary/aromatic N) is 2. The molecule has 2 N–H and O–H groups in total. The quantitative estimate of drug-likeness (QED) is 0.910. The van der Waals surface area contributed by atoms with Crippen LogP contribution in [0.15, 0.2) is 23.4 Å². The summed E-state index contributed by atoms with van der Waals surface area (Å²) in [6, 6.07) is 2.77. The van der Waals surface area contributed by atoms with Gasteiger partial charge in [0.15, 0.2) is 0 Å². The molecule has 1 heterocycles. The highest BCUT2D eigenvalue weighted by Gasteiger charge is 2.20. The predicted octanol–water partition coefficient (Wildman–Crippen LogP) is 2.22. The Kier molecular flexibility index (Phi) is 3.47.